The van der Waals surface area contributed by atoms with Gasteiger partial charge in [0.1, 0.15) is 17.1 Å². The third-order valence-electron chi connectivity index (χ3n) is 5.45. The number of ether oxygens (including phenoxy) is 1. The Kier molecular flexibility index (Phi) is 5.55. The number of amides is 3. The summed E-state index contributed by atoms with van der Waals surface area (Å²) in [6.07, 6.45) is 1.79. The molecule has 9 heteroatoms. The molecule has 1 aromatic heterocycles. The summed E-state index contributed by atoms with van der Waals surface area (Å²) in [6, 6.07) is 14.2. The molecule has 3 amide bonds. The van der Waals surface area contributed by atoms with Crippen LogP contribution in [-0.2, 0) is 11.3 Å². The fraction of sp³-hybridized carbons (Fsp3) is 0.208. The highest BCUT2D eigenvalue weighted by molar-refractivity contribution is 8.04. The van der Waals surface area contributed by atoms with Crippen molar-refractivity contribution in [3.63, 3.8) is 0 Å². The number of urea groups is 1. The van der Waals surface area contributed by atoms with Gasteiger partial charge in [0.25, 0.3) is 5.89 Å². The van der Waals surface area contributed by atoms with Gasteiger partial charge in [-0.3, -0.25) is 0 Å². The van der Waals surface area contributed by atoms with Crippen molar-refractivity contribution in [2.24, 2.45) is 0 Å². The number of aromatic nitrogens is 2. The van der Waals surface area contributed by atoms with Gasteiger partial charge in [0.2, 0.25) is 5.82 Å². The Bertz CT molecular complexity index is 1300. The quantitative estimate of drug-likeness (QED) is 0.509. The number of hydrogen-bond donors (Lipinski definition) is 0. The van der Waals surface area contributed by atoms with E-state index < -0.39 is 11.3 Å². The highest BCUT2D eigenvalue weighted by Crippen LogP contribution is 2.32. The zero-order valence-corrected chi connectivity index (χ0v) is 18.9. The predicted octanol–water partition coefficient (Wildman–Crippen LogP) is 4.19. The van der Waals surface area contributed by atoms with E-state index in [0.717, 1.165) is 11.1 Å². The zero-order valence-electron chi connectivity index (χ0n) is 18.1. The first-order valence-corrected chi connectivity index (χ1v) is 11.5. The molecule has 0 aliphatic carbocycles. The zero-order chi connectivity index (χ0) is 22.9. The Morgan fingerprint density at radius 3 is 2.70 bits per heavy atom. The third kappa shape index (κ3) is 3.84. The summed E-state index contributed by atoms with van der Waals surface area (Å²) in [5.41, 5.74) is 2.99. The number of nitrogens with zero attached hydrogens (tertiary/aromatic N) is 4. The molecule has 0 saturated carbocycles. The monoisotopic (exact) mass is 461 g/mol. The van der Waals surface area contributed by atoms with Crippen molar-refractivity contribution in [1.29, 1.82) is 0 Å². The Morgan fingerprint density at radius 1 is 1.15 bits per heavy atom. The van der Waals surface area contributed by atoms with Crippen LogP contribution in [0.2, 0.25) is 0 Å². The maximum Gasteiger partial charge on any atom is 0.506 e. The fourth-order valence-corrected chi connectivity index (χ4v) is 4.79. The Labute approximate surface area is 194 Å². The lowest BCUT2D eigenvalue weighted by molar-refractivity contribution is -0.448. The number of thioether (sulfide) groups is 1. The molecular weight excluding hydrogens is 440 g/mol. The van der Waals surface area contributed by atoms with Gasteiger partial charge in [0, 0.05) is 5.56 Å². The summed E-state index contributed by atoms with van der Waals surface area (Å²) < 4.78 is 12.5. The Morgan fingerprint density at radius 2 is 1.94 bits per heavy atom. The molecule has 0 N–H and O–H groups in total. The van der Waals surface area contributed by atoms with E-state index in [9.17, 15) is 9.59 Å². The third-order valence-corrected chi connectivity index (χ3v) is 6.46. The van der Waals surface area contributed by atoms with Crippen LogP contribution in [0.4, 0.5) is 10.5 Å². The van der Waals surface area contributed by atoms with Crippen molar-refractivity contribution in [2.75, 3.05) is 11.5 Å². The average Bonchev–Trinajstić information content (AvgIpc) is 3.48. The molecule has 0 radical (unpaired) electrons. The van der Waals surface area contributed by atoms with Gasteiger partial charge < -0.3 is 9.26 Å². The van der Waals surface area contributed by atoms with Crippen LogP contribution >= 0.6 is 11.8 Å². The summed E-state index contributed by atoms with van der Waals surface area (Å²) in [7, 11) is 0. The summed E-state index contributed by atoms with van der Waals surface area (Å²) >= 11 is 1.37. The van der Waals surface area contributed by atoms with E-state index >= 15 is 0 Å². The van der Waals surface area contributed by atoms with Crippen LogP contribution in [0.15, 0.2) is 64.5 Å². The summed E-state index contributed by atoms with van der Waals surface area (Å²) in [5.74, 6) is 1.15. The number of benzene rings is 2. The standard InChI is InChI=1S/C24H21N4O4S/c1-3-31-17-10-8-16(9-11-17)28-23(29)21-19(12-13-33-21)27(24(28)30)14-20-25-22(26-32-20)18-7-5-4-6-15(18)2/h4-13,21H,3,14H2,1-2H3/q+1. The van der Waals surface area contributed by atoms with Crippen LogP contribution in [-0.4, -0.2) is 44.2 Å². The van der Waals surface area contributed by atoms with Gasteiger partial charge in [-0.15, -0.1) is 16.7 Å². The predicted molar refractivity (Wildman–Crippen MR) is 124 cm³/mol. The number of rotatable bonds is 6. The number of aryl methyl sites for hydroxylation is 1. The maximum atomic E-state index is 13.5. The molecular formula is C24H21N4O4S+. The minimum Gasteiger partial charge on any atom is -0.494 e. The van der Waals surface area contributed by atoms with Crippen molar-refractivity contribution in [3.8, 4) is 17.1 Å². The fourth-order valence-electron chi connectivity index (χ4n) is 3.85. The molecule has 0 bridgehead atoms. The molecule has 0 spiro atoms. The molecule has 166 valence electrons. The first-order valence-electron chi connectivity index (χ1n) is 10.5. The van der Waals surface area contributed by atoms with Crippen LogP contribution in [0.1, 0.15) is 18.4 Å². The molecule has 3 heterocycles. The lowest BCUT2D eigenvalue weighted by atomic mass is 10.1. The van der Waals surface area contributed by atoms with Gasteiger partial charge in [-0.25, -0.2) is 4.79 Å². The first-order chi connectivity index (χ1) is 16.1. The molecule has 3 aromatic rings. The van der Waals surface area contributed by atoms with E-state index in [2.05, 4.69) is 10.1 Å². The average molecular weight is 462 g/mol. The van der Waals surface area contributed by atoms with Gasteiger partial charge in [-0.05, 0) is 55.2 Å². The SMILES string of the molecule is CCOc1ccc(N2C(=O)C3SC=CC3=[N+](Cc3nc(-c4ccccc4C)no3)C2=O)cc1. The lowest BCUT2D eigenvalue weighted by Gasteiger charge is -2.23. The minimum absolute atomic E-state index is 0.0647. The number of imide groups is 1. The molecule has 5 rings (SSSR count). The first kappa shape index (κ1) is 21.1. The van der Waals surface area contributed by atoms with Crippen LogP contribution in [0.5, 0.6) is 5.75 Å². The van der Waals surface area contributed by atoms with Gasteiger partial charge in [-0.2, -0.15) is 14.4 Å². The van der Waals surface area contributed by atoms with Gasteiger partial charge in [0.05, 0.1) is 6.61 Å². The second kappa shape index (κ2) is 8.67. The van der Waals surface area contributed by atoms with E-state index in [-0.39, 0.29) is 12.5 Å². The number of hydrogen-bond acceptors (Lipinski definition) is 7. The highest BCUT2D eigenvalue weighted by atomic mass is 32.2. The van der Waals surface area contributed by atoms with Crippen molar-refractivity contribution in [1.82, 2.24) is 10.1 Å². The van der Waals surface area contributed by atoms with Crippen LogP contribution in [0.25, 0.3) is 11.4 Å². The molecule has 33 heavy (non-hydrogen) atoms. The normalized spacial score (nSPS) is 17.6. The van der Waals surface area contributed by atoms with E-state index in [1.165, 1.54) is 21.2 Å². The Hall–Kier alpha value is -3.72. The lowest BCUT2D eigenvalue weighted by Crippen LogP contribution is -2.55. The van der Waals surface area contributed by atoms with Gasteiger partial charge in [-0.1, -0.05) is 29.4 Å². The molecule has 2 aliphatic rings. The molecule has 2 aliphatic heterocycles. The largest absolute Gasteiger partial charge is 0.506 e. The van der Waals surface area contributed by atoms with Gasteiger partial charge >= 0.3 is 11.9 Å². The van der Waals surface area contributed by atoms with Crippen LogP contribution < -0.4 is 9.64 Å². The summed E-state index contributed by atoms with van der Waals surface area (Å²) in [4.78, 5) is 32.3. The summed E-state index contributed by atoms with van der Waals surface area (Å²) in [5, 5.41) is 5.41. The molecule has 2 aromatic carbocycles. The maximum absolute atomic E-state index is 13.5. The number of carbonyl (C=O) groups is 2. The molecule has 8 nitrogen and oxygen atoms in total. The van der Waals surface area contributed by atoms with Crippen molar-refractivity contribution < 1.29 is 23.4 Å². The smallest absolute Gasteiger partial charge is 0.494 e. The highest BCUT2D eigenvalue weighted by Gasteiger charge is 2.50. The molecule has 1 unspecified atom stereocenters. The minimum atomic E-state index is -0.506. The van der Waals surface area contributed by atoms with Gasteiger partial charge in [0.15, 0.2) is 11.8 Å². The second-order valence-electron chi connectivity index (χ2n) is 7.54. The number of fused-ring (bicyclic) bond motifs is 1. The molecule has 0 saturated heterocycles. The van der Waals surface area contributed by atoms with E-state index in [4.69, 9.17) is 9.26 Å². The Balaban J connectivity index is 1.47. The number of anilines is 1. The molecule has 0 fully saturated rings. The molecule has 1 atom stereocenters. The number of allylic oxidation sites excluding steroid dienone is 1. The van der Waals surface area contributed by atoms with E-state index in [0.29, 0.717) is 35.5 Å². The van der Waals surface area contributed by atoms with Crippen LogP contribution in [0.3, 0.4) is 0 Å². The van der Waals surface area contributed by atoms with Crippen molar-refractivity contribution >= 4 is 35.1 Å². The second-order valence-corrected chi connectivity index (χ2v) is 8.56. The van der Waals surface area contributed by atoms with Crippen molar-refractivity contribution in [3.05, 3.63) is 71.5 Å². The topological polar surface area (TPSA) is 88.5 Å². The van der Waals surface area contributed by atoms with E-state index in [1.54, 1.807) is 30.3 Å². The summed E-state index contributed by atoms with van der Waals surface area (Å²) in [6.45, 7) is 4.47. The number of carbonyl (C=O) groups excluding carboxylic acids is 2. The van der Waals surface area contributed by atoms with E-state index in [1.807, 2.05) is 43.5 Å². The van der Waals surface area contributed by atoms with Crippen molar-refractivity contribution in [2.45, 2.75) is 25.6 Å². The van der Waals surface area contributed by atoms with Crippen LogP contribution in [0, 0.1) is 6.92 Å².